The van der Waals surface area contributed by atoms with E-state index in [2.05, 4.69) is 10.4 Å². The van der Waals surface area contributed by atoms with Crippen molar-refractivity contribution in [3.63, 3.8) is 0 Å². The second-order valence-electron chi connectivity index (χ2n) is 6.46. The highest BCUT2D eigenvalue weighted by Crippen LogP contribution is 2.36. The van der Waals surface area contributed by atoms with Crippen LogP contribution in [0.1, 0.15) is 15.9 Å². The van der Waals surface area contributed by atoms with Gasteiger partial charge in [0.15, 0.2) is 0 Å². The molecule has 0 radical (unpaired) electrons. The minimum absolute atomic E-state index is 0.00399. The number of nitrogens with zero attached hydrogens (tertiary/aromatic N) is 3. The largest absolute Gasteiger partial charge is 0.473 e. The van der Waals surface area contributed by atoms with Crippen LogP contribution < -0.4 is 21.5 Å². The first-order valence-electron chi connectivity index (χ1n) is 8.84. The Morgan fingerprint density at radius 3 is 2.93 bits per heavy atom. The third-order valence-corrected chi connectivity index (χ3v) is 5.57. The Labute approximate surface area is 169 Å². The summed E-state index contributed by atoms with van der Waals surface area (Å²) in [5.41, 5.74) is 5.97. The van der Waals surface area contributed by atoms with Crippen LogP contribution in [0.5, 0.6) is 5.75 Å². The van der Waals surface area contributed by atoms with Crippen LogP contribution in [-0.4, -0.2) is 26.8 Å². The Balaban J connectivity index is 1.50. The van der Waals surface area contributed by atoms with Crippen molar-refractivity contribution >= 4 is 22.9 Å². The number of carbonyl (C=O) groups is 1. The van der Waals surface area contributed by atoms with E-state index < -0.39 is 6.10 Å². The van der Waals surface area contributed by atoms with E-state index in [-0.39, 0.29) is 36.8 Å². The molecule has 0 bridgehead atoms. The number of rotatable bonds is 6. The lowest BCUT2D eigenvalue weighted by atomic mass is 10.2. The van der Waals surface area contributed by atoms with Gasteiger partial charge in [-0.2, -0.15) is 5.10 Å². The molecular weight excluding hydrogens is 397 g/mol. The maximum Gasteiger partial charge on any atom is 0.346 e. The number of aromatic nitrogens is 3. The first kappa shape index (κ1) is 19.1. The van der Waals surface area contributed by atoms with Crippen molar-refractivity contribution in [2.75, 3.05) is 11.9 Å². The molecule has 3 aromatic rings. The SMILES string of the molecule is NC/C(=C/F)Cn1ncn(Cc2ccc(C3Oc4ccccc4NC3=O)s2)c1=O. The van der Waals surface area contributed by atoms with E-state index in [9.17, 15) is 14.0 Å². The molecule has 0 saturated heterocycles. The molecule has 1 aromatic carbocycles. The number of benzene rings is 1. The molecule has 1 atom stereocenters. The summed E-state index contributed by atoms with van der Waals surface area (Å²) in [4.78, 5) is 26.4. The van der Waals surface area contributed by atoms with Gasteiger partial charge >= 0.3 is 5.69 Å². The molecule has 0 saturated carbocycles. The fourth-order valence-electron chi connectivity index (χ4n) is 2.95. The fraction of sp³-hybridized carbons (Fsp3) is 0.211. The predicted molar refractivity (Wildman–Crippen MR) is 107 cm³/mol. The number of ether oxygens (including phenoxy) is 1. The number of fused-ring (bicyclic) bond motifs is 1. The Morgan fingerprint density at radius 1 is 1.31 bits per heavy atom. The normalized spacial score (nSPS) is 16.3. The number of halogens is 1. The lowest BCUT2D eigenvalue weighted by Crippen LogP contribution is -2.29. The van der Waals surface area contributed by atoms with Crippen LogP contribution in [-0.2, 0) is 17.9 Å². The highest BCUT2D eigenvalue weighted by atomic mass is 32.1. The molecule has 4 rings (SSSR count). The molecule has 1 aliphatic heterocycles. The van der Waals surface area contributed by atoms with Crippen molar-refractivity contribution in [1.82, 2.24) is 14.3 Å². The monoisotopic (exact) mass is 415 g/mol. The second-order valence-corrected chi connectivity index (χ2v) is 7.66. The smallest absolute Gasteiger partial charge is 0.346 e. The minimum Gasteiger partial charge on any atom is -0.473 e. The summed E-state index contributed by atoms with van der Waals surface area (Å²) in [6.07, 6.45) is 1.04. The summed E-state index contributed by atoms with van der Waals surface area (Å²) < 4.78 is 21.1. The average molecular weight is 415 g/mol. The number of nitrogens with one attached hydrogen (secondary N) is 1. The zero-order chi connectivity index (χ0) is 20.4. The number of hydrogen-bond acceptors (Lipinski definition) is 6. The molecule has 1 amide bonds. The molecule has 10 heteroatoms. The number of para-hydroxylation sites is 2. The third-order valence-electron chi connectivity index (χ3n) is 4.46. The molecular formula is C19H18FN5O3S. The molecule has 8 nitrogen and oxygen atoms in total. The molecule has 3 heterocycles. The Morgan fingerprint density at radius 2 is 2.14 bits per heavy atom. The van der Waals surface area contributed by atoms with Crippen molar-refractivity contribution in [2.24, 2.45) is 5.73 Å². The van der Waals surface area contributed by atoms with Crippen molar-refractivity contribution in [2.45, 2.75) is 19.2 Å². The molecule has 3 N–H and O–H groups in total. The standard InChI is InChI=1S/C19H18FN5O3S/c20-7-12(8-21)9-25-19(27)24(11-22-25)10-13-5-6-16(29-13)17-18(26)23-14-3-1-2-4-15(14)28-17/h1-7,11,17H,8-10,21H2,(H,23,26)/b12-7-. The van der Waals surface area contributed by atoms with Gasteiger partial charge in [0.1, 0.15) is 12.1 Å². The van der Waals surface area contributed by atoms with E-state index in [0.29, 0.717) is 17.8 Å². The minimum atomic E-state index is -0.745. The van der Waals surface area contributed by atoms with Gasteiger partial charge in [-0.05, 0) is 29.8 Å². The summed E-state index contributed by atoms with van der Waals surface area (Å²) in [7, 11) is 0. The van der Waals surface area contributed by atoms with Gasteiger partial charge in [0.05, 0.1) is 30.0 Å². The highest BCUT2D eigenvalue weighted by Gasteiger charge is 2.30. The molecule has 150 valence electrons. The van der Waals surface area contributed by atoms with E-state index in [0.717, 1.165) is 14.4 Å². The zero-order valence-corrected chi connectivity index (χ0v) is 16.1. The van der Waals surface area contributed by atoms with Crippen LogP contribution in [0.4, 0.5) is 10.1 Å². The van der Waals surface area contributed by atoms with Gasteiger partial charge in [0.2, 0.25) is 6.10 Å². The van der Waals surface area contributed by atoms with Crippen LogP contribution in [0.25, 0.3) is 0 Å². The molecule has 0 aliphatic carbocycles. The number of amides is 1. The summed E-state index contributed by atoms with van der Waals surface area (Å²) in [5, 5.41) is 6.84. The van der Waals surface area contributed by atoms with E-state index in [4.69, 9.17) is 10.5 Å². The number of carbonyl (C=O) groups excluding carboxylic acids is 1. The van der Waals surface area contributed by atoms with Gasteiger partial charge in [-0.3, -0.25) is 9.36 Å². The van der Waals surface area contributed by atoms with Gasteiger partial charge in [0, 0.05) is 11.4 Å². The van der Waals surface area contributed by atoms with Crippen LogP contribution >= 0.6 is 11.3 Å². The lowest BCUT2D eigenvalue weighted by Gasteiger charge is -2.24. The first-order valence-corrected chi connectivity index (χ1v) is 9.66. The molecule has 1 aliphatic rings. The Hall–Kier alpha value is -3.24. The quantitative estimate of drug-likeness (QED) is 0.641. The summed E-state index contributed by atoms with van der Waals surface area (Å²) >= 11 is 1.38. The van der Waals surface area contributed by atoms with Crippen molar-refractivity contribution in [3.05, 3.63) is 74.9 Å². The van der Waals surface area contributed by atoms with Crippen molar-refractivity contribution in [3.8, 4) is 5.75 Å². The van der Waals surface area contributed by atoms with Crippen molar-refractivity contribution < 1.29 is 13.9 Å². The van der Waals surface area contributed by atoms with Gasteiger partial charge in [0.25, 0.3) is 5.91 Å². The van der Waals surface area contributed by atoms with Gasteiger partial charge in [-0.1, -0.05) is 12.1 Å². The summed E-state index contributed by atoms with van der Waals surface area (Å²) in [6.45, 7) is 0.298. The first-order chi connectivity index (χ1) is 14.1. The molecule has 2 aromatic heterocycles. The van der Waals surface area contributed by atoms with Crippen LogP contribution in [0.3, 0.4) is 0 Å². The van der Waals surface area contributed by atoms with Gasteiger partial charge < -0.3 is 15.8 Å². The molecule has 29 heavy (non-hydrogen) atoms. The topological polar surface area (TPSA) is 104 Å². The van der Waals surface area contributed by atoms with Crippen LogP contribution in [0, 0.1) is 0 Å². The van der Waals surface area contributed by atoms with Crippen molar-refractivity contribution in [1.29, 1.82) is 0 Å². The predicted octanol–water partition coefficient (Wildman–Crippen LogP) is 2.04. The zero-order valence-electron chi connectivity index (χ0n) is 15.2. The highest BCUT2D eigenvalue weighted by molar-refractivity contribution is 7.12. The molecule has 1 unspecified atom stereocenters. The number of nitrogens with two attached hydrogens (primary N) is 1. The number of hydrogen-bond donors (Lipinski definition) is 2. The average Bonchev–Trinajstić information content (AvgIpc) is 3.33. The van der Waals surface area contributed by atoms with E-state index in [1.165, 1.54) is 22.2 Å². The Bertz CT molecular complexity index is 1130. The van der Waals surface area contributed by atoms with Gasteiger partial charge in [-0.15, -0.1) is 11.3 Å². The third kappa shape index (κ3) is 3.84. The lowest BCUT2D eigenvalue weighted by molar-refractivity contribution is -0.123. The maximum atomic E-state index is 12.7. The summed E-state index contributed by atoms with van der Waals surface area (Å²) in [6, 6.07) is 10.9. The number of thiophene rings is 1. The fourth-order valence-corrected chi connectivity index (χ4v) is 3.99. The maximum absolute atomic E-state index is 12.7. The van der Waals surface area contributed by atoms with E-state index in [1.54, 1.807) is 12.1 Å². The molecule has 0 fully saturated rings. The van der Waals surface area contributed by atoms with Crippen LogP contribution in [0.15, 0.2) is 59.4 Å². The van der Waals surface area contributed by atoms with Crippen LogP contribution in [0.2, 0.25) is 0 Å². The van der Waals surface area contributed by atoms with E-state index in [1.807, 2.05) is 24.3 Å². The van der Waals surface area contributed by atoms with E-state index >= 15 is 0 Å². The Kier molecular flexibility index (Phi) is 5.28. The number of anilines is 1. The van der Waals surface area contributed by atoms with Gasteiger partial charge in [-0.25, -0.2) is 13.9 Å². The summed E-state index contributed by atoms with van der Waals surface area (Å²) in [5.74, 6) is 0.371. The second kappa shape index (κ2) is 8.02. The molecule has 0 spiro atoms.